The Morgan fingerprint density at radius 3 is 2.00 bits per heavy atom. The Hall–Kier alpha value is -2.25. The summed E-state index contributed by atoms with van der Waals surface area (Å²) in [4.78, 5) is 2.20. The van der Waals surface area contributed by atoms with Gasteiger partial charge in [0.1, 0.15) is 36.7 Å². The molecule has 29 heavy (non-hydrogen) atoms. The first kappa shape index (κ1) is 20.0. The van der Waals surface area contributed by atoms with Gasteiger partial charge in [0.15, 0.2) is 0 Å². The molecule has 2 aromatic rings. The number of ether oxygens (including phenoxy) is 4. The summed E-state index contributed by atoms with van der Waals surface area (Å²) in [7, 11) is 3.24. The quantitative estimate of drug-likeness (QED) is 0.740. The number of anilines is 1. The maximum atomic E-state index is 6.49. The van der Waals surface area contributed by atoms with Crippen molar-refractivity contribution in [3.05, 3.63) is 60.7 Å². The van der Waals surface area contributed by atoms with Gasteiger partial charge >= 0.3 is 0 Å². The number of nitrogens with zero attached hydrogens (tertiary/aromatic N) is 2. The van der Waals surface area contributed by atoms with E-state index in [9.17, 15) is 0 Å². The van der Waals surface area contributed by atoms with Gasteiger partial charge in [-0.3, -0.25) is 0 Å². The Kier molecular flexibility index (Phi) is 5.44. The molecule has 0 unspecified atom stereocenters. The van der Waals surface area contributed by atoms with Crippen molar-refractivity contribution >= 4 is 17.7 Å². The van der Waals surface area contributed by atoms with Crippen LogP contribution in [0.25, 0.3) is 0 Å². The second-order valence-corrected chi connectivity index (χ2v) is 7.70. The molecule has 2 aromatic carbocycles. The molecule has 0 amide bonds. The number of hydrogen-bond donors (Lipinski definition) is 0. The molecule has 0 saturated carbocycles. The molecule has 2 aliphatic heterocycles. The molecule has 0 spiro atoms. The van der Waals surface area contributed by atoms with Crippen LogP contribution >= 0.6 is 0 Å². The molecule has 1 saturated heterocycles. The predicted molar refractivity (Wildman–Crippen MR) is 112 cm³/mol. The van der Waals surface area contributed by atoms with Crippen LogP contribution in [0.3, 0.4) is 0 Å². The van der Waals surface area contributed by atoms with Crippen LogP contribution < -0.4 is 4.90 Å². The Morgan fingerprint density at radius 1 is 0.862 bits per heavy atom. The van der Waals surface area contributed by atoms with Gasteiger partial charge in [0, 0.05) is 14.2 Å². The smallest absolute Gasteiger partial charge is 0.244 e. The van der Waals surface area contributed by atoms with E-state index in [0.717, 1.165) is 11.4 Å². The van der Waals surface area contributed by atoms with E-state index in [4.69, 9.17) is 18.9 Å². The van der Waals surface area contributed by atoms with E-state index in [1.165, 1.54) is 0 Å². The number of fused-ring (bicyclic) bond motifs is 1. The first-order valence-electron chi connectivity index (χ1n) is 9.92. The minimum absolute atomic E-state index is 0.201. The number of benzene rings is 2. The zero-order valence-electron chi connectivity index (χ0n) is 17.4. The summed E-state index contributed by atoms with van der Waals surface area (Å²) in [5.41, 5.74) is 2.19. The SMILES string of the molecule is CO[C@]1(C)O[C@@H]2CN(c3ccccc3)C=[N+](c3ccccc3)C[C@H]2O[C@@]1(C)OC. The van der Waals surface area contributed by atoms with E-state index < -0.39 is 11.6 Å². The molecular weight excluding hydrogens is 368 g/mol. The highest BCUT2D eigenvalue weighted by Gasteiger charge is 2.58. The van der Waals surface area contributed by atoms with Crippen LogP contribution in [0.5, 0.6) is 0 Å². The molecule has 4 rings (SSSR count). The lowest BCUT2D eigenvalue weighted by molar-refractivity contribution is -0.496. The number of methoxy groups -OCH3 is 2. The molecule has 2 aliphatic rings. The van der Waals surface area contributed by atoms with Crippen molar-refractivity contribution in [2.45, 2.75) is 37.6 Å². The Labute approximate surface area is 172 Å². The van der Waals surface area contributed by atoms with Gasteiger partial charge in [-0.15, -0.1) is 0 Å². The van der Waals surface area contributed by atoms with E-state index in [1.54, 1.807) is 14.2 Å². The van der Waals surface area contributed by atoms with E-state index in [0.29, 0.717) is 13.1 Å². The lowest BCUT2D eigenvalue weighted by Crippen LogP contribution is -2.67. The molecule has 4 atom stereocenters. The number of hydrogen-bond acceptors (Lipinski definition) is 5. The molecule has 0 N–H and O–H groups in total. The molecule has 2 heterocycles. The molecule has 0 radical (unpaired) electrons. The van der Waals surface area contributed by atoms with E-state index in [1.807, 2.05) is 50.2 Å². The van der Waals surface area contributed by atoms with Crippen LogP contribution in [0, 0.1) is 0 Å². The first-order valence-corrected chi connectivity index (χ1v) is 9.92. The van der Waals surface area contributed by atoms with Crippen molar-refractivity contribution in [3.63, 3.8) is 0 Å². The monoisotopic (exact) mass is 397 g/mol. The molecule has 154 valence electrons. The summed E-state index contributed by atoms with van der Waals surface area (Å²) in [5, 5.41) is 0. The summed E-state index contributed by atoms with van der Waals surface area (Å²) in [6, 6.07) is 20.6. The zero-order valence-corrected chi connectivity index (χ0v) is 17.4. The largest absolute Gasteiger partial charge is 0.349 e. The third kappa shape index (κ3) is 3.69. The van der Waals surface area contributed by atoms with Gasteiger partial charge in [0.05, 0.1) is 0 Å². The maximum Gasteiger partial charge on any atom is 0.244 e. The second kappa shape index (κ2) is 7.88. The fourth-order valence-electron chi connectivity index (χ4n) is 3.95. The summed E-state index contributed by atoms with van der Waals surface area (Å²) < 4.78 is 26.6. The minimum atomic E-state index is -1.02. The first-order chi connectivity index (χ1) is 14.0. The molecule has 1 fully saturated rings. The van der Waals surface area contributed by atoms with Gasteiger partial charge in [-0.2, -0.15) is 0 Å². The summed E-state index contributed by atoms with van der Waals surface area (Å²) in [5.74, 6) is -2.04. The normalized spacial score (nSPS) is 32.3. The van der Waals surface area contributed by atoms with Crippen molar-refractivity contribution < 1.29 is 23.5 Å². The topological polar surface area (TPSA) is 43.2 Å². The van der Waals surface area contributed by atoms with Crippen molar-refractivity contribution in [1.29, 1.82) is 0 Å². The predicted octanol–water partition coefficient (Wildman–Crippen LogP) is 3.39. The average Bonchev–Trinajstić information content (AvgIpc) is 2.94. The second-order valence-electron chi connectivity index (χ2n) is 7.70. The van der Waals surface area contributed by atoms with Gasteiger partial charge in [-0.05, 0) is 38.1 Å². The Balaban J connectivity index is 1.73. The van der Waals surface area contributed by atoms with Crippen LogP contribution in [-0.2, 0) is 18.9 Å². The minimum Gasteiger partial charge on any atom is -0.349 e. The van der Waals surface area contributed by atoms with Crippen molar-refractivity contribution in [1.82, 2.24) is 0 Å². The number of rotatable bonds is 4. The Bertz CT molecular complexity index is 860. The van der Waals surface area contributed by atoms with Gasteiger partial charge in [0.25, 0.3) is 0 Å². The van der Waals surface area contributed by atoms with Crippen LogP contribution in [0.2, 0.25) is 0 Å². The van der Waals surface area contributed by atoms with Crippen LogP contribution in [-0.4, -0.2) is 62.0 Å². The number of para-hydroxylation sites is 2. The lowest BCUT2D eigenvalue weighted by atomic mass is 10.0. The maximum absolute atomic E-state index is 6.49. The molecule has 0 aliphatic carbocycles. The average molecular weight is 397 g/mol. The van der Waals surface area contributed by atoms with Crippen LogP contribution in [0.15, 0.2) is 60.7 Å². The lowest BCUT2D eigenvalue weighted by Gasteiger charge is -2.51. The molecule has 6 heteroatoms. The van der Waals surface area contributed by atoms with Crippen LogP contribution in [0.1, 0.15) is 13.8 Å². The van der Waals surface area contributed by atoms with Gasteiger partial charge in [-0.1, -0.05) is 36.4 Å². The van der Waals surface area contributed by atoms with E-state index in [-0.39, 0.29) is 12.2 Å². The molecule has 0 bridgehead atoms. The van der Waals surface area contributed by atoms with Gasteiger partial charge in [-0.25, -0.2) is 9.48 Å². The fraction of sp³-hybridized carbons (Fsp3) is 0.435. The van der Waals surface area contributed by atoms with Crippen molar-refractivity contribution in [3.8, 4) is 0 Å². The highest BCUT2D eigenvalue weighted by atomic mass is 16.8. The molecule has 6 nitrogen and oxygen atoms in total. The van der Waals surface area contributed by atoms with E-state index >= 15 is 0 Å². The Morgan fingerprint density at radius 2 is 1.41 bits per heavy atom. The zero-order chi connectivity index (χ0) is 20.5. The molecular formula is C23H29N2O4+. The third-order valence-electron chi connectivity index (χ3n) is 5.98. The van der Waals surface area contributed by atoms with Gasteiger partial charge < -0.3 is 18.9 Å². The van der Waals surface area contributed by atoms with E-state index in [2.05, 4.69) is 40.1 Å². The summed E-state index contributed by atoms with van der Waals surface area (Å²) in [6.45, 7) is 5.00. The highest BCUT2D eigenvalue weighted by Crippen LogP contribution is 2.40. The van der Waals surface area contributed by atoms with Gasteiger partial charge in [0.2, 0.25) is 17.9 Å². The van der Waals surface area contributed by atoms with Crippen molar-refractivity contribution in [2.75, 3.05) is 32.2 Å². The third-order valence-corrected chi connectivity index (χ3v) is 5.98. The van der Waals surface area contributed by atoms with Crippen molar-refractivity contribution in [2.24, 2.45) is 0 Å². The summed E-state index contributed by atoms with van der Waals surface area (Å²) >= 11 is 0. The fourth-order valence-corrected chi connectivity index (χ4v) is 3.95. The summed E-state index contributed by atoms with van der Waals surface area (Å²) in [6.07, 6.45) is 1.73. The standard InChI is InChI=1S/C23H29N2O4/c1-22(26-3)23(2,27-4)29-21-16-25(19-13-9-6-10-14-19)17-24(15-20(21)28-22)18-11-7-5-8-12-18/h5-14,17,20-21H,15-16H2,1-4H3/q+1/t20-,21-,22-,23-/m1/s1. The highest BCUT2D eigenvalue weighted by molar-refractivity contribution is 5.77. The molecule has 0 aromatic heterocycles. The van der Waals surface area contributed by atoms with Crippen LogP contribution in [0.4, 0.5) is 11.4 Å².